The Morgan fingerprint density at radius 2 is 2.00 bits per heavy atom. The molecule has 1 aliphatic rings. The first-order chi connectivity index (χ1) is 8.54. The molecule has 0 aliphatic carbocycles. The van der Waals surface area contributed by atoms with E-state index in [1.807, 2.05) is 24.3 Å². The van der Waals surface area contributed by atoms with Crippen LogP contribution >= 0.6 is 0 Å². The average molecular weight is 246 g/mol. The number of piperazine rings is 1. The zero-order valence-electron chi connectivity index (χ0n) is 10.9. The summed E-state index contributed by atoms with van der Waals surface area (Å²) in [6.45, 7) is 5.52. The van der Waals surface area contributed by atoms with Crippen LogP contribution in [0, 0.1) is 0 Å². The first kappa shape index (κ1) is 12.6. The number of anilines is 1. The van der Waals surface area contributed by atoms with Crippen molar-refractivity contribution >= 4 is 17.5 Å². The highest BCUT2D eigenvalue weighted by Gasteiger charge is 2.36. The molecule has 1 aliphatic heterocycles. The second-order valence-corrected chi connectivity index (χ2v) is 4.64. The van der Waals surface area contributed by atoms with Crippen LogP contribution in [0.4, 0.5) is 5.69 Å². The minimum atomic E-state index is -0.459. The molecule has 0 saturated carbocycles. The molecule has 0 aromatic heterocycles. The summed E-state index contributed by atoms with van der Waals surface area (Å²) < 4.78 is 0. The lowest BCUT2D eigenvalue weighted by Crippen LogP contribution is -2.61. The van der Waals surface area contributed by atoms with Gasteiger partial charge in [0.2, 0.25) is 11.8 Å². The predicted molar refractivity (Wildman–Crippen MR) is 70.4 cm³/mol. The van der Waals surface area contributed by atoms with Gasteiger partial charge in [0, 0.05) is 5.69 Å². The highest BCUT2D eigenvalue weighted by Crippen LogP contribution is 2.22. The highest BCUT2D eigenvalue weighted by atomic mass is 16.2. The number of hydrogen-bond donors (Lipinski definition) is 1. The van der Waals surface area contributed by atoms with E-state index in [0.717, 1.165) is 17.7 Å². The molecular formula is C14H18N2O2. The molecule has 1 aromatic rings. The fourth-order valence-electron chi connectivity index (χ4n) is 2.19. The van der Waals surface area contributed by atoms with Gasteiger partial charge in [-0.25, -0.2) is 0 Å². The van der Waals surface area contributed by atoms with Crippen LogP contribution in [0.5, 0.6) is 0 Å². The quantitative estimate of drug-likeness (QED) is 0.859. The maximum Gasteiger partial charge on any atom is 0.250 e. The number of carbonyl (C=O) groups is 2. The zero-order chi connectivity index (χ0) is 13.3. The molecule has 2 rings (SSSR count). The van der Waals surface area contributed by atoms with Crippen molar-refractivity contribution in [2.75, 3.05) is 4.90 Å². The molecule has 0 radical (unpaired) electrons. The van der Waals surface area contributed by atoms with Gasteiger partial charge in [0.15, 0.2) is 0 Å². The smallest absolute Gasteiger partial charge is 0.250 e. The monoisotopic (exact) mass is 246 g/mol. The fourth-order valence-corrected chi connectivity index (χ4v) is 2.19. The molecular weight excluding hydrogens is 228 g/mol. The number of amides is 2. The Balaban J connectivity index is 2.39. The van der Waals surface area contributed by atoms with Crippen LogP contribution < -0.4 is 10.2 Å². The van der Waals surface area contributed by atoms with E-state index in [0.29, 0.717) is 0 Å². The summed E-state index contributed by atoms with van der Waals surface area (Å²) in [5, 5.41) is 2.68. The van der Waals surface area contributed by atoms with Gasteiger partial charge in [-0.1, -0.05) is 19.1 Å². The third-order valence-electron chi connectivity index (χ3n) is 3.33. The van der Waals surface area contributed by atoms with Crippen molar-refractivity contribution in [3.8, 4) is 0 Å². The Morgan fingerprint density at radius 3 is 2.67 bits per heavy atom. The summed E-state index contributed by atoms with van der Waals surface area (Å²) in [7, 11) is 0. The first-order valence-electron chi connectivity index (χ1n) is 6.27. The third-order valence-corrected chi connectivity index (χ3v) is 3.33. The van der Waals surface area contributed by atoms with E-state index in [1.54, 1.807) is 18.7 Å². The largest absolute Gasteiger partial charge is 0.343 e. The van der Waals surface area contributed by atoms with Crippen molar-refractivity contribution in [1.29, 1.82) is 0 Å². The average Bonchev–Trinajstić information content (AvgIpc) is 2.37. The second-order valence-electron chi connectivity index (χ2n) is 4.64. The molecule has 1 heterocycles. The van der Waals surface area contributed by atoms with Crippen molar-refractivity contribution in [3.63, 3.8) is 0 Å². The number of nitrogens with one attached hydrogen (secondary N) is 1. The Morgan fingerprint density at radius 1 is 1.28 bits per heavy atom. The van der Waals surface area contributed by atoms with E-state index < -0.39 is 12.1 Å². The maximum atomic E-state index is 12.2. The van der Waals surface area contributed by atoms with Gasteiger partial charge in [0.25, 0.3) is 0 Å². The number of hydrogen-bond acceptors (Lipinski definition) is 2. The molecule has 96 valence electrons. The molecule has 0 bridgehead atoms. The third kappa shape index (κ3) is 2.10. The van der Waals surface area contributed by atoms with Crippen molar-refractivity contribution < 1.29 is 9.59 Å². The number of nitrogens with zero attached hydrogens (tertiary/aromatic N) is 1. The Bertz CT molecular complexity index is 484. The van der Waals surface area contributed by atoms with Gasteiger partial charge in [0.1, 0.15) is 12.1 Å². The van der Waals surface area contributed by atoms with Crippen molar-refractivity contribution in [2.45, 2.75) is 39.3 Å². The van der Waals surface area contributed by atoms with Crippen LogP contribution in [0.25, 0.3) is 0 Å². The van der Waals surface area contributed by atoms with Gasteiger partial charge in [-0.3, -0.25) is 14.5 Å². The highest BCUT2D eigenvalue weighted by molar-refractivity contribution is 6.08. The molecule has 2 amide bonds. The number of carbonyl (C=O) groups excluding carboxylic acids is 2. The van der Waals surface area contributed by atoms with Crippen LogP contribution in [-0.4, -0.2) is 23.9 Å². The molecule has 2 unspecified atom stereocenters. The first-order valence-corrected chi connectivity index (χ1v) is 6.27. The summed E-state index contributed by atoms with van der Waals surface area (Å²) in [4.78, 5) is 25.6. The molecule has 4 heteroatoms. The standard InChI is InChI=1S/C14H18N2O2/c1-4-11-6-5-7-12(8-11)16-10(3)13(17)15-9(2)14(16)18/h5-10H,4H2,1-3H3,(H,15,17). The minimum absolute atomic E-state index is 0.0599. The van der Waals surface area contributed by atoms with Crippen LogP contribution in [-0.2, 0) is 16.0 Å². The van der Waals surface area contributed by atoms with Crippen LogP contribution in [0.2, 0.25) is 0 Å². The van der Waals surface area contributed by atoms with Crippen LogP contribution in [0.1, 0.15) is 26.3 Å². The molecule has 1 saturated heterocycles. The van der Waals surface area contributed by atoms with Gasteiger partial charge >= 0.3 is 0 Å². The second kappa shape index (κ2) is 4.80. The molecule has 1 aromatic carbocycles. The van der Waals surface area contributed by atoms with Gasteiger partial charge in [0.05, 0.1) is 0 Å². The van der Waals surface area contributed by atoms with Crippen molar-refractivity contribution in [3.05, 3.63) is 29.8 Å². The topological polar surface area (TPSA) is 49.4 Å². The Labute approximate surface area is 107 Å². The van der Waals surface area contributed by atoms with E-state index in [4.69, 9.17) is 0 Å². The zero-order valence-corrected chi connectivity index (χ0v) is 10.9. The lowest BCUT2D eigenvalue weighted by atomic mass is 10.1. The van der Waals surface area contributed by atoms with Crippen LogP contribution in [0.15, 0.2) is 24.3 Å². The molecule has 1 fully saturated rings. The molecule has 4 nitrogen and oxygen atoms in total. The summed E-state index contributed by atoms with van der Waals surface area (Å²) in [6, 6.07) is 6.87. The minimum Gasteiger partial charge on any atom is -0.343 e. The predicted octanol–water partition coefficient (Wildman–Crippen LogP) is 1.49. The van der Waals surface area contributed by atoms with E-state index >= 15 is 0 Å². The normalized spacial score (nSPS) is 24.1. The van der Waals surface area contributed by atoms with Gasteiger partial charge in [-0.2, -0.15) is 0 Å². The number of aryl methyl sites for hydroxylation is 1. The summed E-state index contributed by atoms with van der Waals surface area (Å²) in [5.41, 5.74) is 1.96. The number of rotatable bonds is 2. The summed E-state index contributed by atoms with van der Waals surface area (Å²) in [5.74, 6) is -0.167. The molecule has 2 atom stereocenters. The van der Waals surface area contributed by atoms with E-state index in [2.05, 4.69) is 12.2 Å². The summed E-state index contributed by atoms with van der Waals surface area (Å²) in [6.07, 6.45) is 0.909. The van der Waals surface area contributed by atoms with E-state index in [9.17, 15) is 9.59 Å². The lowest BCUT2D eigenvalue weighted by Gasteiger charge is -2.36. The van der Waals surface area contributed by atoms with Crippen molar-refractivity contribution in [1.82, 2.24) is 5.32 Å². The maximum absolute atomic E-state index is 12.2. The van der Waals surface area contributed by atoms with E-state index in [1.165, 1.54) is 0 Å². The van der Waals surface area contributed by atoms with Crippen molar-refractivity contribution in [2.24, 2.45) is 0 Å². The Hall–Kier alpha value is -1.84. The molecule has 1 N–H and O–H groups in total. The Kier molecular flexibility index (Phi) is 3.36. The van der Waals surface area contributed by atoms with Crippen LogP contribution in [0.3, 0.4) is 0 Å². The summed E-state index contributed by atoms with van der Waals surface area (Å²) >= 11 is 0. The number of benzene rings is 1. The lowest BCUT2D eigenvalue weighted by molar-refractivity contribution is -0.133. The molecule has 0 spiro atoms. The fraction of sp³-hybridized carbons (Fsp3) is 0.429. The SMILES string of the molecule is CCc1cccc(N2C(=O)C(C)NC(=O)C2C)c1. The van der Waals surface area contributed by atoms with E-state index in [-0.39, 0.29) is 11.8 Å². The molecule has 18 heavy (non-hydrogen) atoms. The van der Waals surface area contributed by atoms with Gasteiger partial charge in [-0.05, 0) is 38.0 Å². The van der Waals surface area contributed by atoms with Gasteiger partial charge in [-0.15, -0.1) is 0 Å². The van der Waals surface area contributed by atoms with Gasteiger partial charge < -0.3 is 5.32 Å².